The van der Waals surface area contributed by atoms with Crippen LogP contribution < -0.4 is 5.32 Å². The van der Waals surface area contributed by atoms with Gasteiger partial charge in [-0.15, -0.1) is 0 Å². The molecule has 0 bridgehead atoms. The largest absolute Gasteiger partial charge is 0.321 e. The average molecular weight is 255 g/mol. The summed E-state index contributed by atoms with van der Waals surface area (Å²) in [5, 5.41) is 11.3. The number of anilines is 1. The monoisotopic (exact) mass is 255 g/mol. The zero-order valence-corrected chi connectivity index (χ0v) is 10.1. The van der Waals surface area contributed by atoms with Crippen molar-refractivity contribution in [3.05, 3.63) is 59.2 Å². The lowest BCUT2D eigenvalue weighted by molar-refractivity contribution is 0.102. The summed E-state index contributed by atoms with van der Waals surface area (Å²) in [6, 6.07) is 8.89. The van der Waals surface area contributed by atoms with Crippen LogP contribution in [-0.2, 0) is 0 Å². The summed E-state index contributed by atoms with van der Waals surface area (Å²) in [5.41, 5.74) is 1.44. The Morgan fingerprint density at radius 2 is 2.16 bits per heavy atom. The van der Waals surface area contributed by atoms with Gasteiger partial charge >= 0.3 is 0 Å². The number of carbonyl (C=O) groups is 1. The molecule has 1 amide bonds. The molecule has 2 rings (SSSR count). The highest BCUT2D eigenvalue weighted by Gasteiger charge is 2.09. The summed E-state index contributed by atoms with van der Waals surface area (Å²) < 4.78 is 13.1. The minimum atomic E-state index is -0.617. The number of pyridine rings is 1. The number of nitrogens with one attached hydrogen (secondary N) is 1. The fourth-order valence-corrected chi connectivity index (χ4v) is 1.49. The molecular formula is C14H10FN3O. The second-order valence-corrected chi connectivity index (χ2v) is 3.98. The molecule has 0 radical (unpaired) electrons. The van der Waals surface area contributed by atoms with Gasteiger partial charge < -0.3 is 5.32 Å². The summed E-state index contributed by atoms with van der Waals surface area (Å²) in [7, 11) is 0. The summed E-state index contributed by atoms with van der Waals surface area (Å²) in [4.78, 5) is 15.8. The minimum absolute atomic E-state index is 0.116. The molecule has 4 nitrogen and oxygen atoms in total. The third-order valence-electron chi connectivity index (χ3n) is 2.49. The fourth-order valence-electron chi connectivity index (χ4n) is 1.49. The van der Waals surface area contributed by atoms with Gasteiger partial charge in [-0.05, 0) is 36.8 Å². The van der Waals surface area contributed by atoms with Crippen molar-refractivity contribution >= 4 is 11.6 Å². The lowest BCUT2D eigenvalue weighted by Gasteiger charge is -2.05. The summed E-state index contributed by atoms with van der Waals surface area (Å²) in [5.74, 6) is -1.02. The first-order chi connectivity index (χ1) is 9.10. The molecule has 1 aromatic heterocycles. The first-order valence-corrected chi connectivity index (χ1v) is 5.54. The Bertz CT molecular complexity index is 659. The average Bonchev–Trinajstić information content (AvgIpc) is 2.41. The number of carbonyl (C=O) groups excluding carboxylic acids is 1. The number of halogens is 1. The van der Waals surface area contributed by atoms with Crippen LogP contribution in [0.1, 0.15) is 21.6 Å². The Balaban J connectivity index is 2.20. The van der Waals surface area contributed by atoms with E-state index in [0.717, 1.165) is 11.6 Å². The number of rotatable bonds is 2. The van der Waals surface area contributed by atoms with Crippen LogP contribution in [0.5, 0.6) is 0 Å². The molecule has 0 aliphatic rings. The molecule has 0 aliphatic heterocycles. The lowest BCUT2D eigenvalue weighted by Crippen LogP contribution is -2.13. The number of benzene rings is 1. The molecule has 1 N–H and O–H groups in total. The highest BCUT2D eigenvalue weighted by Crippen LogP contribution is 2.14. The van der Waals surface area contributed by atoms with Crippen LogP contribution >= 0.6 is 0 Å². The van der Waals surface area contributed by atoms with E-state index in [1.807, 2.05) is 6.92 Å². The van der Waals surface area contributed by atoms with Crippen molar-refractivity contribution in [3.8, 4) is 6.07 Å². The van der Waals surface area contributed by atoms with E-state index in [9.17, 15) is 9.18 Å². The first-order valence-electron chi connectivity index (χ1n) is 5.54. The molecule has 0 saturated carbocycles. The molecule has 2 aromatic rings. The van der Waals surface area contributed by atoms with Crippen molar-refractivity contribution in [3.63, 3.8) is 0 Å². The van der Waals surface area contributed by atoms with Gasteiger partial charge in [0, 0.05) is 11.9 Å². The smallest absolute Gasteiger partial charge is 0.274 e. The summed E-state index contributed by atoms with van der Waals surface area (Å²) >= 11 is 0. The van der Waals surface area contributed by atoms with Gasteiger partial charge in [0.15, 0.2) is 0 Å². The molecule has 0 spiro atoms. The second kappa shape index (κ2) is 5.27. The maximum atomic E-state index is 13.1. The van der Waals surface area contributed by atoms with Crippen molar-refractivity contribution < 1.29 is 9.18 Å². The number of hydrogen-bond acceptors (Lipinski definition) is 3. The van der Waals surface area contributed by atoms with Crippen LogP contribution in [0.2, 0.25) is 0 Å². The van der Waals surface area contributed by atoms with Gasteiger partial charge in [0.05, 0.1) is 5.56 Å². The molecule has 94 valence electrons. The Morgan fingerprint density at radius 3 is 2.79 bits per heavy atom. The minimum Gasteiger partial charge on any atom is -0.321 e. The Morgan fingerprint density at radius 1 is 1.37 bits per heavy atom. The fraction of sp³-hybridized carbons (Fsp3) is 0.0714. The standard InChI is InChI=1S/C14H10FN3O/c1-9-2-5-13(17-8-9)14(19)18-11-3-4-12(15)10(6-11)7-16/h2-6,8H,1H3,(H,18,19). The normalized spacial score (nSPS) is 9.74. The van der Waals surface area contributed by atoms with Crippen molar-refractivity contribution in [1.82, 2.24) is 4.98 Å². The van der Waals surface area contributed by atoms with E-state index in [2.05, 4.69) is 10.3 Å². The van der Waals surface area contributed by atoms with Crippen LogP contribution in [0.3, 0.4) is 0 Å². The molecule has 0 aliphatic carbocycles. The molecule has 5 heteroatoms. The summed E-state index contributed by atoms with van der Waals surface area (Å²) in [6.45, 7) is 1.87. The van der Waals surface area contributed by atoms with Gasteiger partial charge in [0.2, 0.25) is 0 Å². The number of aryl methyl sites for hydroxylation is 1. The third kappa shape index (κ3) is 2.93. The van der Waals surface area contributed by atoms with E-state index >= 15 is 0 Å². The maximum Gasteiger partial charge on any atom is 0.274 e. The zero-order valence-electron chi connectivity index (χ0n) is 10.1. The number of amides is 1. The van der Waals surface area contributed by atoms with Crippen molar-refractivity contribution in [2.45, 2.75) is 6.92 Å². The van der Waals surface area contributed by atoms with Crippen LogP contribution in [0, 0.1) is 24.1 Å². The van der Waals surface area contributed by atoms with E-state index in [-0.39, 0.29) is 11.3 Å². The van der Waals surface area contributed by atoms with Gasteiger partial charge in [0.25, 0.3) is 5.91 Å². The van der Waals surface area contributed by atoms with Crippen molar-refractivity contribution in [2.24, 2.45) is 0 Å². The molecule has 0 fully saturated rings. The number of nitrogens with zero attached hydrogens (tertiary/aromatic N) is 2. The van der Waals surface area contributed by atoms with Gasteiger partial charge in [-0.3, -0.25) is 9.78 Å². The topological polar surface area (TPSA) is 65.8 Å². The highest BCUT2D eigenvalue weighted by atomic mass is 19.1. The summed E-state index contributed by atoms with van der Waals surface area (Å²) in [6.07, 6.45) is 1.58. The van der Waals surface area contributed by atoms with Gasteiger partial charge in [-0.25, -0.2) is 4.39 Å². The predicted molar refractivity (Wildman–Crippen MR) is 68.0 cm³/mol. The highest BCUT2D eigenvalue weighted by molar-refractivity contribution is 6.02. The van der Waals surface area contributed by atoms with Gasteiger partial charge in [-0.1, -0.05) is 6.07 Å². The molecule has 1 aromatic carbocycles. The quantitative estimate of drug-likeness (QED) is 0.897. The predicted octanol–water partition coefficient (Wildman–Crippen LogP) is 2.65. The first kappa shape index (κ1) is 12.7. The molecular weight excluding hydrogens is 245 g/mol. The zero-order chi connectivity index (χ0) is 13.8. The number of nitriles is 1. The van der Waals surface area contributed by atoms with Crippen molar-refractivity contribution in [1.29, 1.82) is 5.26 Å². The molecule has 0 atom stereocenters. The Hall–Kier alpha value is -2.74. The third-order valence-corrected chi connectivity index (χ3v) is 2.49. The van der Waals surface area contributed by atoms with Gasteiger partial charge in [0.1, 0.15) is 17.6 Å². The van der Waals surface area contributed by atoms with E-state index in [4.69, 9.17) is 5.26 Å². The SMILES string of the molecule is Cc1ccc(C(=O)Nc2ccc(F)c(C#N)c2)nc1. The van der Waals surface area contributed by atoms with Crippen LogP contribution in [0.4, 0.5) is 10.1 Å². The molecule has 19 heavy (non-hydrogen) atoms. The van der Waals surface area contributed by atoms with Crippen LogP contribution in [0.15, 0.2) is 36.5 Å². The van der Waals surface area contributed by atoms with Gasteiger partial charge in [-0.2, -0.15) is 5.26 Å². The number of aromatic nitrogens is 1. The Labute approximate surface area is 109 Å². The maximum absolute atomic E-state index is 13.1. The van der Waals surface area contributed by atoms with E-state index in [0.29, 0.717) is 5.69 Å². The Kier molecular flexibility index (Phi) is 3.53. The van der Waals surface area contributed by atoms with E-state index < -0.39 is 11.7 Å². The lowest BCUT2D eigenvalue weighted by atomic mass is 10.2. The molecule has 0 unspecified atom stereocenters. The van der Waals surface area contributed by atoms with E-state index in [1.165, 1.54) is 12.1 Å². The molecule has 1 heterocycles. The van der Waals surface area contributed by atoms with Crippen LogP contribution in [-0.4, -0.2) is 10.9 Å². The second-order valence-electron chi connectivity index (χ2n) is 3.98. The van der Waals surface area contributed by atoms with Crippen LogP contribution in [0.25, 0.3) is 0 Å². The number of hydrogen-bond donors (Lipinski definition) is 1. The van der Waals surface area contributed by atoms with E-state index in [1.54, 1.807) is 24.4 Å². The van der Waals surface area contributed by atoms with Crippen molar-refractivity contribution in [2.75, 3.05) is 5.32 Å². The molecule has 0 saturated heterocycles.